The smallest absolute Gasteiger partial charge is 0.108 e. The molecule has 0 aliphatic heterocycles. The maximum absolute atomic E-state index is 8.75. The molecule has 17 heavy (non-hydrogen) atoms. The minimum absolute atomic E-state index is 0.400. The van der Waals surface area contributed by atoms with Crippen LogP contribution in [0.4, 0.5) is 0 Å². The maximum Gasteiger partial charge on any atom is 0.108 e. The van der Waals surface area contributed by atoms with E-state index < -0.39 is 0 Å². The number of thiazole rings is 1. The van der Waals surface area contributed by atoms with E-state index in [1.165, 1.54) is 4.88 Å². The second kappa shape index (κ2) is 5.11. The highest BCUT2D eigenvalue weighted by Gasteiger charge is 2.15. The molecule has 3 heteroatoms. The van der Waals surface area contributed by atoms with Gasteiger partial charge >= 0.3 is 0 Å². The zero-order chi connectivity index (χ0) is 12.3. The van der Waals surface area contributed by atoms with Crippen molar-refractivity contribution in [3.05, 3.63) is 40.2 Å². The second-order valence-electron chi connectivity index (χ2n) is 4.18. The highest BCUT2D eigenvalue weighted by molar-refractivity contribution is 7.12. The monoisotopic (exact) mass is 242 g/mol. The zero-order valence-electron chi connectivity index (χ0n) is 9.97. The quantitative estimate of drug-likeness (QED) is 0.815. The van der Waals surface area contributed by atoms with Gasteiger partial charge in [-0.2, -0.15) is 5.26 Å². The molecule has 86 valence electrons. The fourth-order valence-corrected chi connectivity index (χ4v) is 2.74. The Balaban J connectivity index is 2.49. The summed E-state index contributed by atoms with van der Waals surface area (Å²) in [6, 6.07) is 12.3. The minimum Gasteiger partial charge on any atom is -0.240 e. The highest BCUT2D eigenvalue weighted by Crippen LogP contribution is 2.33. The van der Waals surface area contributed by atoms with E-state index in [-0.39, 0.29) is 0 Å². The fourth-order valence-electron chi connectivity index (χ4n) is 1.72. The van der Waals surface area contributed by atoms with Crippen LogP contribution in [0.15, 0.2) is 30.3 Å². The van der Waals surface area contributed by atoms with Crippen LogP contribution in [0.5, 0.6) is 0 Å². The summed E-state index contributed by atoms with van der Waals surface area (Å²) in [6.45, 7) is 4.33. The van der Waals surface area contributed by atoms with Crippen LogP contribution in [0.2, 0.25) is 0 Å². The van der Waals surface area contributed by atoms with E-state index in [1.807, 2.05) is 18.2 Å². The van der Waals surface area contributed by atoms with Gasteiger partial charge in [0, 0.05) is 10.4 Å². The molecule has 1 aromatic heterocycles. The van der Waals surface area contributed by atoms with Gasteiger partial charge in [0.1, 0.15) is 5.01 Å². The van der Waals surface area contributed by atoms with Gasteiger partial charge in [0.2, 0.25) is 0 Å². The van der Waals surface area contributed by atoms with Crippen molar-refractivity contribution in [2.75, 3.05) is 0 Å². The van der Waals surface area contributed by atoms with Gasteiger partial charge in [-0.3, -0.25) is 0 Å². The van der Waals surface area contributed by atoms with Crippen molar-refractivity contribution in [3.63, 3.8) is 0 Å². The number of hydrogen-bond acceptors (Lipinski definition) is 3. The summed E-state index contributed by atoms with van der Waals surface area (Å²) < 4.78 is 0. The summed E-state index contributed by atoms with van der Waals surface area (Å²) in [6.07, 6.45) is 0.400. The molecule has 1 heterocycles. The van der Waals surface area contributed by atoms with E-state index in [2.05, 4.69) is 37.0 Å². The summed E-state index contributed by atoms with van der Waals surface area (Å²) >= 11 is 1.65. The minimum atomic E-state index is 0.400. The van der Waals surface area contributed by atoms with Crippen LogP contribution in [0.1, 0.15) is 29.7 Å². The predicted molar refractivity (Wildman–Crippen MR) is 71.0 cm³/mol. The molecule has 0 spiro atoms. The number of hydrogen-bond donors (Lipinski definition) is 0. The summed E-state index contributed by atoms with van der Waals surface area (Å²) in [5, 5.41) is 9.66. The van der Waals surface area contributed by atoms with Gasteiger partial charge < -0.3 is 0 Å². The molecule has 0 fully saturated rings. The average Bonchev–Trinajstić information content (AvgIpc) is 2.75. The zero-order valence-corrected chi connectivity index (χ0v) is 10.8. The summed E-state index contributed by atoms with van der Waals surface area (Å²) in [4.78, 5) is 5.85. The molecule has 2 nitrogen and oxygen atoms in total. The van der Waals surface area contributed by atoms with E-state index in [0.717, 1.165) is 16.3 Å². The van der Waals surface area contributed by atoms with Crippen LogP contribution in [0.25, 0.3) is 11.3 Å². The number of benzene rings is 1. The molecule has 0 unspecified atom stereocenters. The van der Waals surface area contributed by atoms with Gasteiger partial charge in [-0.1, -0.05) is 44.2 Å². The number of aromatic nitrogens is 1. The topological polar surface area (TPSA) is 36.7 Å². The van der Waals surface area contributed by atoms with Gasteiger partial charge in [0.05, 0.1) is 18.2 Å². The van der Waals surface area contributed by atoms with Crippen molar-refractivity contribution in [2.45, 2.75) is 26.2 Å². The molecule has 1 aromatic carbocycles. The molecule has 0 aliphatic rings. The van der Waals surface area contributed by atoms with Gasteiger partial charge in [-0.15, -0.1) is 11.3 Å². The molecule has 0 bridgehead atoms. The van der Waals surface area contributed by atoms with Crippen molar-refractivity contribution in [3.8, 4) is 17.3 Å². The SMILES string of the molecule is CC(C)c1sc(CC#N)nc1-c1ccccc1. The lowest BCUT2D eigenvalue weighted by Crippen LogP contribution is -1.87. The van der Waals surface area contributed by atoms with Crippen LogP contribution >= 0.6 is 11.3 Å². The molecule has 2 rings (SSSR count). The van der Waals surface area contributed by atoms with Crippen molar-refractivity contribution in [2.24, 2.45) is 0 Å². The van der Waals surface area contributed by atoms with Crippen molar-refractivity contribution < 1.29 is 0 Å². The third-order valence-electron chi connectivity index (χ3n) is 2.50. The largest absolute Gasteiger partial charge is 0.240 e. The molecule has 0 radical (unpaired) electrons. The molecule has 0 N–H and O–H groups in total. The highest BCUT2D eigenvalue weighted by atomic mass is 32.1. The van der Waals surface area contributed by atoms with Crippen molar-refractivity contribution >= 4 is 11.3 Å². The molecular weight excluding hydrogens is 228 g/mol. The first-order valence-corrected chi connectivity index (χ1v) is 6.46. The van der Waals surface area contributed by atoms with Gasteiger partial charge in [0.15, 0.2) is 0 Å². The van der Waals surface area contributed by atoms with Gasteiger partial charge in [-0.25, -0.2) is 4.98 Å². The van der Waals surface area contributed by atoms with Gasteiger partial charge in [0.25, 0.3) is 0 Å². The van der Waals surface area contributed by atoms with E-state index in [4.69, 9.17) is 5.26 Å². The Morgan fingerprint density at radius 1 is 1.29 bits per heavy atom. The van der Waals surface area contributed by atoms with Crippen LogP contribution in [-0.2, 0) is 6.42 Å². The number of nitrogens with zero attached hydrogens (tertiary/aromatic N) is 2. The summed E-state index contributed by atoms with van der Waals surface area (Å²) in [5.74, 6) is 0.440. The lowest BCUT2D eigenvalue weighted by molar-refractivity contribution is 0.888. The third-order valence-corrected chi connectivity index (χ3v) is 3.86. The molecule has 0 aliphatic carbocycles. The fraction of sp³-hybridized carbons (Fsp3) is 0.286. The Morgan fingerprint density at radius 2 is 2.00 bits per heavy atom. The molecule has 0 saturated carbocycles. The predicted octanol–water partition coefficient (Wildman–Crippen LogP) is 4.00. The Hall–Kier alpha value is -1.66. The molecular formula is C14H14N2S. The molecule has 2 aromatic rings. The Kier molecular flexibility index (Phi) is 3.55. The van der Waals surface area contributed by atoms with E-state index >= 15 is 0 Å². The normalized spacial score (nSPS) is 10.5. The van der Waals surface area contributed by atoms with Crippen LogP contribution < -0.4 is 0 Å². The Bertz CT molecular complexity index is 535. The second-order valence-corrected chi connectivity index (χ2v) is 5.29. The van der Waals surface area contributed by atoms with Crippen LogP contribution in [-0.4, -0.2) is 4.98 Å². The van der Waals surface area contributed by atoms with E-state index in [0.29, 0.717) is 12.3 Å². The maximum atomic E-state index is 8.75. The molecule has 0 atom stereocenters. The summed E-state index contributed by atoms with van der Waals surface area (Å²) in [7, 11) is 0. The molecule has 0 saturated heterocycles. The van der Waals surface area contributed by atoms with Crippen LogP contribution in [0, 0.1) is 11.3 Å². The first-order chi connectivity index (χ1) is 8.22. The Labute approximate surface area is 106 Å². The van der Waals surface area contributed by atoms with E-state index in [9.17, 15) is 0 Å². The lowest BCUT2D eigenvalue weighted by Gasteiger charge is -2.04. The molecule has 0 amide bonds. The Morgan fingerprint density at radius 3 is 2.59 bits per heavy atom. The van der Waals surface area contributed by atoms with Crippen molar-refractivity contribution in [1.29, 1.82) is 5.26 Å². The van der Waals surface area contributed by atoms with Crippen LogP contribution in [0.3, 0.4) is 0 Å². The number of nitriles is 1. The first kappa shape index (κ1) is 11.8. The first-order valence-electron chi connectivity index (χ1n) is 5.64. The summed E-state index contributed by atoms with van der Waals surface area (Å²) in [5.41, 5.74) is 2.17. The third kappa shape index (κ3) is 2.54. The average molecular weight is 242 g/mol. The van der Waals surface area contributed by atoms with Gasteiger partial charge in [-0.05, 0) is 5.92 Å². The number of rotatable bonds is 3. The van der Waals surface area contributed by atoms with E-state index in [1.54, 1.807) is 11.3 Å². The lowest BCUT2D eigenvalue weighted by atomic mass is 10.1. The standard InChI is InChI=1S/C14H14N2S/c1-10(2)14-13(11-6-4-3-5-7-11)16-12(17-14)8-9-15/h3-7,10H,8H2,1-2H3. The van der Waals surface area contributed by atoms with Crippen molar-refractivity contribution in [1.82, 2.24) is 4.98 Å².